The molecule has 0 heterocycles. The summed E-state index contributed by atoms with van der Waals surface area (Å²) in [6.07, 6.45) is 0. The van der Waals surface area contributed by atoms with E-state index in [-0.39, 0.29) is 6.54 Å². The topological polar surface area (TPSA) is 54.3 Å². The predicted octanol–water partition coefficient (Wildman–Crippen LogP) is 3.33. The number of halogens is 1. The van der Waals surface area contributed by atoms with Gasteiger partial charge in [0.2, 0.25) is 0 Å². The van der Waals surface area contributed by atoms with Crippen LogP contribution in [0.2, 0.25) is 0 Å². The molecule has 0 saturated carbocycles. The van der Waals surface area contributed by atoms with E-state index in [0.717, 1.165) is 0 Å². The fourth-order valence-corrected chi connectivity index (χ4v) is 1.90. The lowest BCUT2D eigenvalue weighted by molar-refractivity contribution is 0.404. The van der Waals surface area contributed by atoms with E-state index in [4.69, 9.17) is 14.7 Å². The standard InChI is InChI=1S/C16H15FN2O2/c1-20-13-5-6-16(21-2)15(8-13)19-10-12-4-3-11(9-18)7-14(12)17/h3-8,19H,10H2,1-2H3. The van der Waals surface area contributed by atoms with Crippen molar-refractivity contribution in [1.29, 1.82) is 5.26 Å². The molecule has 0 amide bonds. The molecule has 0 saturated heterocycles. The number of hydrogen-bond acceptors (Lipinski definition) is 4. The number of hydrogen-bond donors (Lipinski definition) is 1. The van der Waals surface area contributed by atoms with Gasteiger partial charge in [0.1, 0.15) is 17.3 Å². The third-order valence-electron chi connectivity index (χ3n) is 3.06. The van der Waals surface area contributed by atoms with Crippen LogP contribution in [0.15, 0.2) is 36.4 Å². The fraction of sp³-hybridized carbons (Fsp3) is 0.188. The monoisotopic (exact) mass is 286 g/mol. The molecule has 2 rings (SSSR count). The summed E-state index contributed by atoms with van der Waals surface area (Å²) in [6.45, 7) is 0.279. The molecule has 0 unspecified atom stereocenters. The smallest absolute Gasteiger partial charge is 0.142 e. The lowest BCUT2D eigenvalue weighted by Crippen LogP contribution is -2.04. The van der Waals surface area contributed by atoms with E-state index in [1.165, 1.54) is 6.07 Å². The molecular weight excluding hydrogens is 271 g/mol. The number of methoxy groups -OCH3 is 2. The van der Waals surface area contributed by atoms with Crippen molar-refractivity contribution in [1.82, 2.24) is 0 Å². The van der Waals surface area contributed by atoms with Crippen LogP contribution in [-0.2, 0) is 6.54 Å². The molecule has 0 radical (unpaired) electrons. The van der Waals surface area contributed by atoms with Gasteiger partial charge >= 0.3 is 0 Å². The zero-order chi connectivity index (χ0) is 15.2. The van der Waals surface area contributed by atoms with Gasteiger partial charge < -0.3 is 14.8 Å². The second kappa shape index (κ2) is 6.62. The van der Waals surface area contributed by atoms with Crippen LogP contribution in [0.5, 0.6) is 11.5 Å². The van der Waals surface area contributed by atoms with E-state index < -0.39 is 5.82 Å². The van der Waals surface area contributed by atoms with E-state index in [2.05, 4.69) is 5.32 Å². The first-order valence-electron chi connectivity index (χ1n) is 6.32. The fourth-order valence-electron chi connectivity index (χ4n) is 1.90. The number of rotatable bonds is 5. The van der Waals surface area contributed by atoms with Crippen LogP contribution in [0.1, 0.15) is 11.1 Å². The number of benzene rings is 2. The van der Waals surface area contributed by atoms with E-state index in [0.29, 0.717) is 28.3 Å². The minimum absolute atomic E-state index is 0.279. The zero-order valence-electron chi connectivity index (χ0n) is 11.8. The van der Waals surface area contributed by atoms with Crippen molar-refractivity contribution >= 4 is 5.69 Å². The first-order valence-corrected chi connectivity index (χ1v) is 6.32. The summed E-state index contributed by atoms with van der Waals surface area (Å²) >= 11 is 0. The van der Waals surface area contributed by atoms with Gasteiger partial charge in [-0.2, -0.15) is 5.26 Å². The number of nitriles is 1. The van der Waals surface area contributed by atoms with Gasteiger partial charge in [0.05, 0.1) is 31.5 Å². The highest BCUT2D eigenvalue weighted by Crippen LogP contribution is 2.29. The maximum Gasteiger partial charge on any atom is 0.142 e. The summed E-state index contributed by atoms with van der Waals surface area (Å²) in [7, 11) is 3.14. The van der Waals surface area contributed by atoms with Crippen LogP contribution in [0, 0.1) is 17.1 Å². The Bertz CT molecular complexity index is 680. The first kappa shape index (κ1) is 14.7. The van der Waals surface area contributed by atoms with Crippen molar-refractivity contribution in [3.8, 4) is 17.6 Å². The molecule has 0 fully saturated rings. The van der Waals surface area contributed by atoms with Crippen molar-refractivity contribution in [2.75, 3.05) is 19.5 Å². The van der Waals surface area contributed by atoms with Gasteiger partial charge in [-0.05, 0) is 24.3 Å². The molecule has 0 aliphatic heterocycles. The number of nitrogens with zero attached hydrogens (tertiary/aromatic N) is 1. The molecule has 5 heteroatoms. The Labute approximate surface area is 122 Å². The normalized spacial score (nSPS) is 9.81. The third kappa shape index (κ3) is 3.42. The van der Waals surface area contributed by atoms with Crippen molar-refractivity contribution in [2.45, 2.75) is 6.54 Å². The second-order valence-corrected chi connectivity index (χ2v) is 4.34. The molecule has 0 aromatic heterocycles. The molecule has 108 valence electrons. The summed E-state index contributed by atoms with van der Waals surface area (Å²) in [5, 5.41) is 11.8. The average Bonchev–Trinajstić information content (AvgIpc) is 2.53. The van der Waals surface area contributed by atoms with Crippen molar-refractivity contribution in [3.05, 3.63) is 53.3 Å². The maximum absolute atomic E-state index is 13.8. The van der Waals surface area contributed by atoms with Gasteiger partial charge in [-0.3, -0.25) is 0 Å². The minimum Gasteiger partial charge on any atom is -0.497 e. The van der Waals surface area contributed by atoms with Gasteiger partial charge in [-0.1, -0.05) is 6.07 Å². The van der Waals surface area contributed by atoms with Crippen LogP contribution in [0.4, 0.5) is 10.1 Å². The van der Waals surface area contributed by atoms with E-state index in [1.54, 1.807) is 44.6 Å². The largest absolute Gasteiger partial charge is 0.497 e. The summed E-state index contributed by atoms with van der Waals surface area (Å²) in [5.74, 6) is 0.909. The average molecular weight is 286 g/mol. The highest BCUT2D eigenvalue weighted by Gasteiger charge is 2.07. The van der Waals surface area contributed by atoms with Gasteiger partial charge in [-0.15, -0.1) is 0 Å². The van der Waals surface area contributed by atoms with Gasteiger partial charge in [0.15, 0.2) is 0 Å². The summed E-state index contributed by atoms with van der Waals surface area (Å²) < 4.78 is 24.2. The molecule has 0 atom stereocenters. The lowest BCUT2D eigenvalue weighted by Gasteiger charge is -2.13. The van der Waals surface area contributed by atoms with Crippen molar-refractivity contribution in [2.24, 2.45) is 0 Å². The second-order valence-electron chi connectivity index (χ2n) is 4.34. The van der Waals surface area contributed by atoms with Crippen LogP contribution in [0.3, 0.4) is 0 Å². The van der Waals surface area contributed by atoms with Crippen LogP contribution >= 0.6 is 0 Å². The summed E-state index contributed by atoms with van der Waals surface area (Å²) in [4.78, 5) is 0. The molecule has 21 heavy (non-hydrogen) atoms. The third-order valence-corrected chi connectivity index (χ3v) is 3.06. The van der Waals surface area contributed by atoms with Gasteiger partial charge in [0.25, 0.3) is 0 Å². The Morgan fingerprint density at radius 3 is 2.57 bits per heavy atom. The molecule has 0 aliphatic carbocycles. The molecule has 0 bridgehead atoms. The van der Waals surface area contributed by atoms with Crippen LogP contribution in [0.25, 0.3) is 0 Å². The molecule has 0 spiro atoms. The van der Waals surface area contributed by atoms with E-state index >= 15 is 0 Å². The first-order chi connectivity index (χ1) is 10.2. The van der Waals surface area contributed by atoms with Crippen LogP contribution in [-0.4, -0.2) is 14.2 Å². The van der Waals surface area contributed by atoms with Gasteiger partial charge in [0, 0.05) is 18.2 Å². The Morgan fingerprint density at radius 1 is 1.14 bits per heavy atom. The number of anilines is 1. The minimum atomic E-state index is -0.414. The van der Waals surface area contributed by atoms with Gasteiger partial charge in [-0.25, -0.2) is 4.39 Å². The highest BCUT2D eigenvalue weighted by molar-refractivity contribution is 5.60. The maximum atomic E-state index is 13.8. The molecule has 2 aromatic rings. The Hall–Kier alpha value is -2.74. The van der Waals surface area contributed by atoms with E-state index in [1.807, 2.05) is 6.07 Å². The highest BCUT2D eigenvalue weighted by atomic mass is 19.1. The predicted molar refractivity (Wildman–Crippen MR) is 78.0 cm³/mol. The molecular formula is C16H15FN2O2. The Morgan fingerprint density at radius 2 is 1.95 bits per heavy atom. The molecule has 1 N–H and O–H groups in total. The van der Waals surface area contributed by atoms with Crippen molar-refractivity contribution in [3.63, 3.8) is 0 Å². The SMILES string of the molecule is COc1ccc(OC)c(NCc2ccc(C#N)cc2F)c1. The Kier molecular flexibility index (Phi) is 4.62. The lowest BCUT2D eigenvalue weighted by atomic mass is 10.1. The zero-order valence-corrected chi connectivity index (χ0v) is 11.8. The quantitative estimate of drug-likeness (QED) is 0.916. The van der Waals surface area contributed by atoms with Crippen molar-refractivity contribution < 1.29 is 13.9 Å². The number of ether oxygens (including phenoxy) is 2. The Balaban J connectivity index is 2.18. The van der Waals surface area contributed by atoms with E-state index in [9.17, 15) is 4.39 Å². The van der Waals surface area contributed by atoms with Crippen LogP contribution < -0.4 is 14.8 Å². The molecule has 4 nitrogen and oxygen atoms in total. The number of nitrogens with one attached hydrogen (secondary N) is 1. The molecule has 0 aliphatic rings. The molecule has 2 aromatic carbocycles. The summed E-state index contributed by atoms with van der Waals surface area (Å²) in [5.41, 5.74) is 1.48. The summed E-state index contributed by atoms with van der Waals surface area (Å²) in [6, 6.07) is 11.6.